The number of carbonyl (C=O) groups excluding carboxylic acids is 4. The van der Waals surface area contributed by atoms with Crippen molar-refractivity contribution in [3.63, 3.8) is 0 Å². The van der Waals surface area contributed by atoms with E-state index < -0.39 is 66.2 Å². The predicted octanol–water partition coefficient (Wildman–Crippen LogP) is 4.66. The number of nitrogens with one attached hydrogen (secondary N) is 5. The summed E-state index contributed by atoms with van der Waals surface area (Å²) in [7, 11) is 0. The minimum Gasteiger partial charge on any atom is -0.484 e. The van der Waals surface area contributed by atoms with Crippen LogP contribution in [-0.2, 0) is 49.7 Å². The average Bonchev–Trinajstić information content (AvgIpc) is 3.65. The van der Waals surface area contributed by atoms with Gasteiger partial charge in [-0.15, -0.1) is 0 Å². The normalized spacial score (nSPS) is 19.3. The van der Waals surface area contributed by atoms with Crippen LogP contribution in [0.3, 0.4) is 0 Å². The van der Waals surface area contributed by atoms with Gasteiger partial charge in [-0.25, -0.2) is 9.18 Å². The summed E-state index contributed by atoms with van der Waals surface area (Å²) in [4.78, 5) is 71.9. The molecule has 59 heavy (non-hydrogen) atoms. The number of hydrogen-bond acceptors (Lipinski definition) is 6. The van der Waals surface area contributed by atoms with Gasteiger partial charge in [0.2, 0.25) is 17.7 Å². The Morgan fingerprint density at radius 3 is 1.93 bits per heavy atom. The molecule has 0 radical (unpaired) electrons. The highest BCUT2D eigenvalue weighted by Crippen LogP contribution is 2.22. The molecule has 0 spiro atoms. The number of amides is 4. The molecule has 3 heterocycles. The lowest BCUT2D eigenvalue weighted by atomic mass is 9.98. The lowest BCUT2D eigenvalue weighted by molar-refractivity contribution is -0.142. The number of halogens is 1. The second-order valence-electron chi connectivity index (χ2n) is 14.4. The number of carboxylic acids is 1. The minimum atomic E-state index is -1.46. The lowest BCUT2D eigenvalue weighted by Crippen LogP contribution is -2.59. The number of fused-ring (bicyclic) bond motifs is 17. The summed E-state index contributed by atoms with van der Waals surface area (Å²) < 4.78 is 20.8. The Morgan fingerprint density at radius 1 is 0.627 bits per heavy atom. The summed E-state index contributed by atoms with van der Waals surface area (Å²) in [6.45, 7) is -0.444. The highest BCUT2D eigenvalue weighted by molar-refractivity contribution is 5.96. The topological polar surface area (TPSA) is 179 Å². The maximum atomic E-state index is 15.0. The largest absolute Gasteiger partial charge is 0.484 e. The Balaban J connectivity index is 1.25. The fourth-order valence-electron chi connectivity index (χ4n) is 7.09. The third-order valence-electron chi connectivity index (χ3n) is 10.2. The number of aliphatic carboxylic acids is 1. The number of ether oxygens (including phenoxy) is 1. The Hall–Kier alpha value is -7.28. The monoisotopic (exact) mass is 795 g/mol. The van der Waals surface area contributed by atoms with Crippen LogP contribution in [0.15, 0.2) is 134 Å². The quantitative estimate of drug-likeness (QED) is 0.121. The number of aromatic amines is 1. The van der Waals surface area contributed by atoms with Gasteiger partial charge in [0.25, 0.3) is 5.91 Å². The number of carboxylic acid groups (broad SMARTS) is 1. The molecule has 2 bridgehead atoms. The van der Waals surface area contributed by atoms with Crippen LogP contribution in [0.4, 0.5) is 4.39 Å². The van der Waals surface area contributed by atoms with Gasteiger partial charge in [-0.2, -0.15) is 0 Å². The van der Waals surface area contributed by atoms with Crippen molar-refractivity contribution >= 4 is 40.5 Å². The third-order valence-corrected chi connectivity index (χ3v) is 10.2. The summed E-state index contributed by atoms with van der Waals surface area (Å²) in [5.41, 5.74) is 4.79. The SMILES string of the molecule is O=C1COc2ccc(cc2)CC(C(=O)O)NC(=O)C(Cc2ccccc2F)NC(=O)C(Cc2ccc(-c3ccccc3)cc2)NC(=O)C(Cc2c[nH]c3ccccc23)N1. The van der Waals surface area contributed by atoms with Gasteiger partial charge in [-0.3, -0.25) is 19.2 Å². The number of hydrogen-bond donors (Lipinski definition) is 6. The standard InChI is InChI=1S/C46H42FN5O7/c47-36-12-6-4-10-32(36)24-40-45(56)52-41(46(57)58)23-29-16-20-34(21-17-29)59-27-42(53)49-39(25-33-26-48-37-13-7-5-11-35(33)37)44(55)50-38(43(54)51-40)22-28-14-18-31(19-15-28)30-8-2-1-3-9-30/h1-21,26,38-41,48H,22-25,27H2,(H,49,53)(H,50,55)(H,51,54)(H,52,56)(H,57,58). The van der Waals surface area contributed by atoms with E-state index in [0.29, 0.717) is 16.9 Å². The summed E-state index contributed by atoms with van der Waals surface area (Å²) in [6, 6.07) is 31.3. The lowest BCUT2D eigenvalue weighted by Gasteiger charge is -2.26. The van der Waals surface area contributed by atoms with Crippen molar-refractivity contribution < 1.29 is 38.2 Å². The Kier molecular flexibility index (Phi) is 12.4. The first kappa shape index (κ1) is 39.9. The zero-order valence-corrected chi connectivity index (χ0v) is 31.8. The zero-order chi connectivity index (χ0) is 41.3. The molecule has 0 fully saturated rings. The second kappa shape index (κ2) is 18.3. The summed E-state index contributed by atoms with van der Waals surface area (Å²) >= 11 is 0. The molecule has 6 aromatic rings. The van der Waals surface area contributed by atoms with Crippen molar-refractivity contribution in [1.29, 1.82) is 0 Å². The van der Waals surface area contributed by atoms with E-state index in [1.54, 1.807) is 36.5 Å². The van der Waals surface area contributed by atoms with Gasteiger partial charge in [0, 0.05) is 42.8 Å². The first-order valence-corrected chi connectivity index (χ1v) is 19.2. The maximum Gasteiger partial charge on any atom is 0.326 e. The smallest absolute Gasteiger partial charge is 0.326 e. The van der Waals surface area contributed by atoms with Crippen LogP contribution >= 0.6 is 0 Å². The molecule has 12 nitrogen and oxygen atoms in total. The Labute approximate surface area is 339 Å². The molecule has 0 saturated heterocycles. The molecule has 0 aliphatic carbocycles. The fraction of sp³-hybridized carbons (Fsp3) is 0.196. The van der Waals surface area contributed by atoms with Crippen LogP contribution in [0.5, 0.6) is 5.75 Å². The number of benzene rings is 5. The zero-order valence-electron chi connectivity index (χ0n) is 31.8. The molecule has 300 valence electrons. The molecule has 8 rings (SSSR count). The van der Waals surface area contributed by atoms with Gasteiger partial charge in [0.1, 0.15) is 35.7 Å². The molecular formula is C46H42FN5O7. The van der Waals surface area contributed by atoms with Crippen LogP contribution in [0.1, 0.15) is 22.3 Å². The number of rotatable bonds is 8. The Morgan fingerprint density at radius 2 is 1.22 bits per heavy atom. The van der Waals surface area contributed by atoms with Crippen molar-refractivity contribution in [1.82, 2.24) is 26.3 Å². The van der Waals surface area contributed by atoms with Crippen LogP contribution in [0, 0.1) is 5.82 Å². The molecule has 4 atom stereocenters. The number of H-pyrrole nitrogens is 1. The van der Waals surface area contributed by atoms with Crippen molar-refractivity contribution in [2.24, 2.45) is 0 Å². The van der Waals surface area contributed by atoms with Gasteiger partial charge >= 0.3 is 5.97 Å². The molecule has 5 aromatic carbocycles. The average molecular weight is 796 g/mol. The van der Waals surface area contributed by atoms with Gasteiger partial charge in [0.05, 0.1) is 0 Å². The molecule has 4 unspecified atom stereocenters. The van der Waals surface area contributed by atoms with E-state index in [4.69, 9.17) is 4.74 Å². The Bertz CT molecular complexity index is 2450. The van der Waals surface area contributed by atoms with E-state index in [-0.39, 0.29) is 31.2 Å². The fourth-order valence-corrected chi connectivity index (χ4v) is 7.09. The van der Waals surface area contributed by atoms with Crippen molar-refractivity contribution in [2.45, 2.75) is 49.9 Å². The molecule has 0 saturated carbocycles. The van der Waals surface area contributed by atoms with E-state index in [1.165, 1.54) is 18.2 Å². The van der Waals surface area contributed by atoms with Crippen molar-refractivity contribution in [3.05, 3.63) is 162 Å². The van der Waals surface area contributed by atoms with Gasteiger partial charge < -0.3 is 36.1 Å². The maximum absolute atomic E-state index is 15.0. The molecule has 4 amide bonds. The number of para-hydroxylation sites is 1. The van der Waals surface area contributed by atoms with Gasteiger partial charge in [-0.05, 0) is 57.6 Å². The van der Waals surface area contributed by atoms with Crippen LogP contribution in [-0.4, -0.2) is 70.5 Å². The third kappa shape index (κ3) is 10.2. The van der Waals surface area contributed by atoms with E-state index in [9.17, 15) is 29.1 Å². The minimum absolute atomic E-state index is 0.0384. The number of aromatic nitrogens is 1. The predicted molar refractivity (Wildman–Crippen MR) is 219 cm³/mol. The number of carbonyl (C=O) groups is 5. The van der Waals surface area contributed by atoms with Crippen molar-refractivity contribution in [3.8, 4) is 16.9 Å². The summed E-state index contributed by atoms with van der Waals surface area (Å²) in [6.07, 6.45) is 1.31. The van der Waals surface area contributed by atoms with E-state index in [1.807, 2.05) is 78.9 Å². The van der Waals surface area contributed by atoms with Crippen LogP contribution in [0.2, 0.25) is 0 Å². The first-order valence-electron chi connectivity index (χ1n) is 19.2. The van der Waals surface area contributed by atoms with E-state index >= 15 is 4.39 Å². The molecule has 2 aliphatic rings. The van der Waals surface area contributed by atoms with E-state index in [2.05, 4.69) is 26.3 Å². The molecule has 6 N–H and O–H groups in total. The highest BCUT2D eigenvalue weighted by Gasteiger charge is 2.33. The molecule has 13 heteroatoms. The molecule has 2 aliphatic heterocycles. The first-order chi connectivity index (χ1) is 28.6. The van der Waals surface area contributed by atoms with Crippen LogP contribution in [0.25, 0.3) is 22.0 Å². The molecular weight excluding hydrogens is 754 g/mol. The molecule has 1 aromatic heterocycles. The van der Waals surface area contributed by atoms with Crippen LogP contribution < -0.4 is 26.0 Å². The van der Waals surface area contributed by atoms with Gasteiger partial charge in [0.15, 0.2) is 6.61 Å². The second-order valence-corrected chi connectivity index (χ2v) is 14.4. The summed E-state index contributed by atoms with van der Waals surface area (Å²) in [5, 5.41) is 21.8. The summed E-state index contributed by atoms with van der Waals surface area (Å²) in [5.74, 6) is -4.59. The van der Waals surface area contributed by atoms with Crippen molar-refractivity contribution in [2.75, 3.05) is 6.61 Å². The van der Waals surface area contributed by atoms with Gasteiger partial charge in [-0.1, -0.05) is 103 Å². The van der Waals surface area contributed by atoms with E-state index in [0.717, 1.165) is 27.6 Å². The highest BCUT2D eigenvalue weighted by atomic mass is 19.1.